The predicted octanol–water partition coefficient (Wildman–Crippen LogP) is 1.66. The van der Waals surface area contributed by atoms with Crippen molar-refractivity contribution < 1.29 is 24.2 Å². The van der Waals surface area contributed by atoms with Gasteiger partial charge in [0.2, 0.25) is 0 Å². The number of carboxylic acids is 1. The first-order chi connectivity index (χ1) is 6.23. The minimum absolute atomic E-state index is 0.0486. The van der Waals surface area contributed by atoms with E-state index in [1.807, 2.05) is 0 Å². The topological polar surface area (TPSA) is 72.8 Å². The minimum Gasteiger partial charge on any atom is -0.481 e. The van der Waals surface area contributed by atoms with Crippen LogP contribution in [0.1, 0.15) is 27.7 Å². The number of carboxylic acid groups (broad SMARTS) is 1. The Kier molecular flexibility index (Phi) is 4.40. The summed E-state index contributed by atoms with van der Waals surface area (Å²) in [4.78, 5) is 20.0. The zero-order valence-electron chi connectivity index (χ0n) is 8.86. The Morgan fingerprint density at radius 2 is 1.93 bits per heavy atom. The second-order valence-corrected chi connectivity index (χ2v) is 4.04. The molecule has 0 aromatic rings. The molecule has 1 saturated heterocycles. The van der Waals surface area contributed by atoms with E-state index in [1.54, 1.807) is 27.7 Å². The third-order valence-electron chi connectivity index (χ3n) is 1.37. The number of hydrogen-bond acceptors (Lipinski definition) is 4. The van der Waals surface area contributed by atoms with Gasteiger partial charge in [0.15, 0.2) is 0 Å². The molecule has 82 valence electrons. The van der Waals surface area contributed by atoms with E-state index in [0.717, 1.165) is 0 Å². The van der Waals surface area contributed by atoms with Crippen molar-refractivity contribution in [3.05, 3.63) is 0 Å². The number of ether oxygens (including phenoxy) is 2. The van der Waals surface area contributed by atoms with Crippen LogP contribution in [0.15, 0.2) is 0 Å². The summed E-state index contributed by atoms with van der Waals surface area (Å²) in [6, 6.07) is 0. The fourth-order valence-electron chi connectivity index (χ4n) is 0.418. The molecule has 1 fully saturated rings. The summed E-state index contributed by atoms with van der Waals surface area (Å²) >= 11 is 0. The van der Waals surface area contributed by atoms with Crippen LogP contribution in [0, 0.1) is 5.41 Å². The Labute approximate surface area is 83.0 Å². The Morgan fingerprint density at radius 1 is 1.50 bits per heavy atom. The molecule has 5 nitrogen and oxygen atoms in total. The fourth-order valence-corrected chi connectivity index (χ4v) is 0.418. The van der Waals surface area contributed by atoms with Gasteiger partial charge in [0.05, 0.1) is 5.41 Å². The first kappa shape index (κ1) is 12.7. The number of aliphatic carboxylic acids is 1. The summed E-state index contributed by atoms with van der Waals surface area (Å²) in [5.74, 6) is -0.757. The summed E-state index contributed by atoms with van der Waals surface area (Å²) < 4.78 is 8.90. The standard InChI is InChI=1S/C5H10O2.C4H6O3/c1-5(2,3)4(6)7;1-3-2-6-4(5)7-3/h1-3H3,(H,6,7);3H,2H2,1H3. The van der Waals surface area contributed by atoms with Gasteiger partial charge in [-0.05, 0) is 27.7 Å². The summed E-state index contributed by atoms with van der Waals surface area (Å²) in [7, 11) is 0. The van der Waals surface area contributed by atoms with Gasteiger partial charge in [0, 0.05) is 0 Å². The van der Waals surface area contributed by atoms with Gasteiger partial charge < -0.3 is 14.6 Å². The molecule has 0 aliphatic carbocycles. The molecule has 0 amide bonds. The van der Waals surface area contributed by atoms with E-state index < -0.39 is 17.5 Å². The van der Waals surface area contributed by atoms with Crippen LogP contribution >= 0.6 is 0 Å². The Bertz CT molecular complexity index is 216. The Hall–Kier alpha value is -1.26. The molecule has 0 saturated carbocycles. The smallest absolute Gasteiger partial charge is 0.481 e. The average Bonchev–Trinajstić information content (AvgIpc) is 2.33. The predicted molar refractivity (Wildman–Crippen MR) is 49.0 cm³/mol. The molecule has 1 aliphatic rings. The summed E-state index contributed by atoms with van der Waals surface area (Å²) in [6.07, 6.45) is -0.597. The number of hydrogen-bond donors (Lipinski definition) is 1. The van der Waals surface area contributed by atoms with Crippen molar-refractivity contribution in [2.45, 2.75) is 33.8 Å². The molecule has 1 heterocycles. The molecule has 1 rings (SSSR count). The lowest BCUT2D eigenvalue weighted by molar-refractivity contribution is -0.145. The minimum atomic E-state index is -0.757. The first-order valence-corrected chi connectivity index (χ1v) is 4.30. The van der Waals surface area contributed by atoms with Crippen LogP contribution in [0.25, 0.3) is 0 Å². The van der Waals surface area contributed by atoms with Gasteiger partial charge in [0.25, 0.3) is 0 Å². The lowest BCUT2D eigenvalue weighted by Gasteiger charge is -2.08. The fraction of sp³-hybridized carbons (Fsp3) is 0.778. The monoisotopic (exact) mass is 204 g/mol. The normalized spacial score (nSPS) is 20.3. The van der Waals surface area contributed by atoms with Crippen LogP contribution in [-0.4, -0.2) is 29.9 Å². The molecule has 0 radical (unpaired) electrons. The highest BCUT2D eigenvalue weighted by Gasteiger charge is 2.19. The van der Waals surface area contributed by atoms with Crippen LogP contribution in [0.2, 0.25) is 0 Å². The van der Waals surface area contributed by atoms with E-state index in [1.165, 1.54) is 0 Å². The SMILES string of the molecule is CC(C)(C)C(=O)O.CC1COC(=O)O1. The highest BCUT2D eigenvalue weighted by Crippen LogP contribution is 2.11. The zero-order valence-corrected chi connectivity index (χ0v) is 8.86. The molecular weight excluding hydrogens is 188 g/mol. The maximum absolute atomic E-state index is 10.0. The van der Waals surface area contributed by atoms with Gasteiger partial charge in [-0.3, -0.25) is 4.79 Å². The van der Waals surface area contributed by atoms with E-state index in [0.29, 0.717) is 6.61 Å². The quantitative estimate of drug-likeness (QED) is 0.607. The van der Waals surface area contributed by atoms with Gasteiger partial charge in [-0.2, -0.15) is 0 Å². The van der Waals surface area contributed by atoms with Crippen molar-refractivity contribution in [3.63, 3.8) is 0 Å². The van der Waals surface area contributed by atoms with Crippen LogP contribution in [0.4, 0.5) is 4.79 Å². The van der Waals surface area contributed by atoms with Crippen LogP contribution in [-0.2, 0) is 14.3 Å². The van der Waals surface area contributed by atoms with E-state index in [-0.39, 0.29) is 6.10 Å². The van der Waals surface area contributed by atoms with Gasteiger partial charge in [-0.1, -0.05) is 0 Å². The van der Waals surface area contributed by atoms with E-state index in [2.05, 4.69) is 9.47 Å². The zero-order chi connectivity index (χ0) is 11.4. The average molecular weight is 204 g/mol. The van der Waals surface area contributed by atoms with Crippen LogP contribution < -0.4 is 0 Å². The first-order valence-electron chi connectivity index (χ1n) is 4.30. The Morgan fingerprint density at radius 3 is 2.00 bits per heavy atom. The summed E-state index contributed by atoms with van der Waals surface area (Å²) in [5.41, 5.74) is -0.583. The number of carbonyl (C=O) groups is 2. The Balaban J connectivity index is 0.000000241. The molecule has 1 N–H and O–H groups in total. The summed E-state index contributed by atoms with van der Waals surface area (Å²) in [6.45, 7) is 7.17. The van der Waals surface area contributed by atoms with E-state index in [4.69, 9.17) is 5.11 Å². The molecule has 0 bridgehead atoms. The summed E-state index contributed by atoms with van der Waals surface area (Å²) in [5, 5.41) is 8.25. The molecule has 0 spiro atoms. The van der Waals surface area contributed by atoms with Crippen molar-refractivity contribution in [2.24, 2.45) is 5.41 Å². The molecule has 0 aromatic heterocycles. The third kappa shape index (κ3) is 5.40. The van der Waals surface area contributed by atoms with E-state index in [9.17, 15) is 9.59 Å². The highest BCUT2D eigenvalue weighted by atomic mass is 16.8. The van der Waals surface area contributed by atoms with Gasteiger partial charge in [-0.25, -0.2) is 4.79 Å². The van der Waals surface area contributed by atoms with Crippen molar-refractivity contribution in [1.82, 2.24) is 0 Å². The van der Waals surface area contributed by atoms with Crippen LogP contribution in [0.3, 0.4) is 0 Å². The molecule has 1 aliphatic heterocycles. The molecule has 1 atom stereocenters. The van der Waals surface area contributed by atoms with E-state index >= 15 is 0 Å². The van der Waals surface area contributed by atoms with Crippen molar-refractivity contribution in [2.75, 3.05) is 6.61 Å². The maximum Gasteiger partial charge on any atom is 0.508 e. The molecule has 1 unspecified atom stereocenters. The van der Waals surface area contributed by atoms with Gasteiger partial charge in [0.1, 0.15) is 12.7 Å². The largest absolute Gasteiger partial charge is 0.508 e. The molecule has 14 heavy (non-hydrogen) atoms. The second-order valence-electron chi connectivity index (χ2n) is 4.04. The van der Waals surface area contributed by atoms with Crippen molar-refractivity contribution in [1.29, 1.82) is 0 Å². The van der Waals surface area contributed by atoms with Crippen molar-refractivity contribution in [3.8, 4) is 0 Å². The number of cyclic esters (lactones) is 2. The second kappa shape index (κ2) is 4.83. The third-order valence-corrected chi connectivity index (χ3v) is 1.37. The number of rotatable bonds is 0. The molecule has 5 heteroatoms. The lowest BCUT2D eigenvalue weighted by atomic mass is 9.98. The molecular formula is C9H16O5. The number of carbonyl (C=O) groups excluding carboxylic acids is 1. The van der Waals surface area contributed by atoms with Gasteiger partial charge >= 0.3 is 12.1 Å². The molecule has 0 aromatic carbocycles. The van der Waals surface area contributed by atoms with Gasteiger partial charge in [-0.15, -0.1) is 0 Å². The van der Waals surface area contributed by atoms with Crippen LogP contribution in [0.5, 0.6) is 0 Å². The lowest BCUT2D eigenvalue weighted by Crippen LogP contribution is -2.18. The maximum atomic E-state index is 10.0. The highest BCUT2D eigenvalue weighted by molar-refractivity contribution is 5.72. The van der Waals surface area contributed by atoms with Crippen molar-refractivity contribution >= 4 is 12.1 Å².